The molecule has 35 heavy (non-hydrogen) atoms. The van der Waals surface area contributed by atoms with Gasteiger partial charge < -0.3 is 14.9 Å². The Kier molecular flexibility index (Phi) is 5.91. The van der Waals surface area contributed by atoms with Crippen molar-refractivity contribution in [3.8, 4) is 5.75 Å². The molecule has 1 unspecified atom stereocenters. The molecule has 0 saturated carbocycles. The van der Waals surface area contributed by atoms with Crippen LogP contribution in [0, 0.1) is 0 Å². The molecule has 2 aromatic heterocycles. The maximum absolute atomic E-state index is 13.3. The molecule has 1 aliphatic rings. The molecule has 1 aliphatic heterocycles. The first-order valence-corrected chi connectivity index (χ1v) is 12.6. The fourth-order valence-corrected chi connectivity index (χ4v) is 6.26. The number of hydrogen-bond acceptors (Lipinski definition) is 8. The number of aromatic nitrogens is 1. The highest BCUT2D eigenvalue weighted by atomic mass is 79.9. The van der Waals surface area contributed by atoms with E-state index in [1.165, 1.54) is 35.5 Å². The average Bonchev–Trinajstić information content (AvgIpc) is 3.56. The maximum Gasteiger partial charge on any atom is 0.335 e. The molecule has 0 radical (unpaired) electrons. The van der Waals surface area contributed by atoms with Crippen LogP contribution in [0.4, 0.5) is 5.13 Å². The van der Waals surface area contributed by atoms with Crippen molar-refractivity contribution in [1.82, 2.24) is 4.98 Å². The largest absolute Gasteiger partial charge is 0.507 e. The molecule has 0 spiro atoms. The van der Waals surface area contributed by atoms with E-state index in [0.717, 1.165) is 11.3 Å². The van der Waals surface area contributed by atoms with E-state index in [0.29, 0.717) is 30.9 Å². The number of carbonyl (C=O) groups excluding carboxylic acids is 2. The molecule has 0 bridgehead atoms. The summed E-state index contributed by atoms with van der Waals surface area (Å²) in [6, 6.07) is 12.0. The number of carboxylic acids is 1. The fraction of sp³-hybridized carbons (Fsp3) is 0.0833. The van der Waals surface area contributed by atoms with Crippen molar-refractivity contribution >= 4 is 77.4 Å². The minimum atomic E-state index is -1.08. The number of carboxylic acid groups (broad SMARTS) is 1. The zero-order chi connectivity index (χ0) is 24.9. The minimum absolute atomic E-state index is 0.0556. The number of halogens is 1. The van der Waals surface area contributed by atoms with E-state index in [2.05, 4.69) is 20.9 Å². The molecule has 8 nitrogen and oxygen atoms in total. The van der Waals surface area contributed by atoms with Gasteiger partial charge in [-0.2, -0.15) is 0 Å². The summed E-state index contributed by atoms with van der Waals surface area (Å²) in [5.74, 6) is -2.51. The summed E-state index contributed by atoms with van der Waals surface area (Å²) >= 11 is 5.82. The van der Waals surface area contributed by atoms with E-state index < -0.39 is 23.7 Å². The summed E-state index contributed by atoms with van der Waals surface area (Å²) < 4.78 is 6.37. The molecule has 2 N–H and O–H groups in total. The maximum atomic E-state index is 13.3. The van der Waals surface area contributed by atoms with Crippen molar-refractivity contribution in [1.29, 1.82) is 0 Å². The zero-order valence-electron chi connectivity index (χ0n) is 17.9. The topological polar surface area (TPSA) is 117 Å². The number of amides is 1. The highest BCUT2D eigenvalue weighted by molar-refractivity contribution is 9.10. The van der Waals surface area contributed by atoms with Gasteiger partial charge in [0.25, 0.3) is 5.78 Å². The van der Waals surface area contributed by atoms with Gasteiger partial charge in [-0.05, 0) is 63.8 Å². The van der Waals surface area contributed by atoms with Gasteiger partial charge >= 0.3 is 11.9 Å². The van der Waals surface area contributed by atoms with Crippen molar-refractivity contribution in [2.45, 2.75) is 6.04 Å². The second-order valence-electron chi connectivity index (χ2n) is 7.52. The number of nitrogens with zero attached hydrogens (tertiary/aromatic N) is 2. The van der Waals surface area contributed by atoms with E-state index in [9.17, 15) is 24.6 Å². The van der Waals surface area contributed by atoms with E-state index in [1.54, 1.807) is 36.4 Å². The number of fused-ring (bicyclic) bond motifs is 1. The Morgan fingerprint density at radius 3 is 2.54 bits per heavy atom. The molecule has 1 atom stereocenters. The van der Waals surface area contributed by atoms with Crippen molar-refractivity contribution in [3.05, 3.63) is 80.0 Å². The van der Waals surface area contributed by atoms with Gasteiger partial charge in [0.15, 0.2) is 5.13 Å². The van der Waals surface area contributed by atoms with Crippen molar-refractivity contribution in [2.75, 3.05) is 12.0 Å². The average molecular weight is 571 g/mol. The lowest BCUT2D eigenvalue weighted by atomic mass is 10.00. The number of aliphatic hydroxyl groups excluding tert-OH is 1. The molecule has 11 heteroatoms. The van der Waals surface area contributed by atoms with Crippen LogP contribution in [0.25, 0.3) is 16.0 Å². The smallest absolute Gasteiger partial charge is 0.335 e. The van der Waals surface area contributed by atoms with Gasteiger partial charge in [-0.3, -0.25) is 14.5 Å². The number of aromatic carboxylic acids is 1. The third-order valence-electron chi connectivity index (χ3n) is 5.51. The van der Waals surface area contributed by atoms with Crippen LogP contribution in [0.2, 0.25) is 0 Å². The molecular formula is C24H15BrN2O6S2. The molecule has 1 saturated heterocycles. The van der Waals surface area contributed by atoms with Crippen molar-refractivity contribution in [2.24, 2.45) is 0 Å². The third-order valence-corrected chi connectivity index (χ3v) is 8.07. The Bertz CT molecular complexity index is 1540. The van der Waals surface area contributed by atoms with E-state index >= 15 is 0 Å². The molecular weight excluding hydrogens is 556 g/mol. The third kappa shape index (κ3) is 3.91. The first kappa shape index (κ1) is 23.2. The first-order valence-electron chi connectivity index (χ1n) is 10.1. The number of thiazole rings is 1. The van der Waals surface area contributed by atoms with Gasteiger partial charge in [-0.25, -0.2) is 9.78 Å². The summed E-state index contributed by atoms with van der Waals surface area (Å²) in [7, 11) is 1.51. The number of ketones is 1. The molecule has 176 valence electrons. The molecule has 4 aromatic rings. The number of Topliss-reactive ketones (excluding diaryl/α,β-unsaturated/α-hetero) is 1. The number of methoxy groups -OCH3 is 1. The number of benzene rings is 2. The second kappa shape index (κ2) is 8.91. The number of carbonyl (C=O) groups is 3. The first-order chi connectivity index (χ1) is 16.8. The lowest BCUT2D eigenvalue weighted by Gasteiger charge is -2.21. The minimum Gasteiger partial charge on any atom is -0.507 e. The van der Waals surface area contributed by atoms with Crippen LogP contribution in [0.15, 0.2) is 64.0 Å². The number of ether oxygens (including phenoxy) is 1. The molecule has 0 aliphatic carbocycles. The van der Waals surface area contributed by atoms with Crippen LogP contribution < -0.4 is 9.64 Å². The van der Waals surface area contributed by atoms with Gasteiger partial charge in [-0.1, -0.05) is 17.4 Å². The van der Waals surface area contributed by atoms with Gasteiger partial charge in [-0.15, -0.1) is 11.3 Å². The Balaban J connectivity index is 1.68. The van der Waals surface area contributed by atoms with Crippen LogP contribution in [0.3, 0.4) is 0 Å². The Hall–Kier alpha value is -3.54. The second-order valence-corrected chi connectivity index (χ2v) is 10.4. The lowest BCUT2D eigenvalue weighted by molar-refractivity contribution is -0.132. The quantitative estimate of drug-likeness (QED) is 0.186. The predicted octanol–water partition coefficient (Wildman–Crippen LogP) is 5.45. The lowest BCUT2D eigenvalue weighted by Crippen LogP contribution is -2.28. The SMILES string of the molecule is COc1ccc(/C(O)=C2\C(=O)C(=O)N(c3nc4ccc(C(=O)O)cc4s3)C2c2cccs2)cc1Br. The van der Waals surface area contributed by atoms with Crippen LogP contribution >= 0.6 is 38.6 Å². The van der Waals surface area contributed by atoms with Gasteiger partial charge in [0.05, 0.1) is 32.9 Å². The molecule has 5 rings (SSSR count). The zero-order valence-corrected chi connectivity index (χ0v) is 21.1. The van der Waals surface area contributed by atoms with Crippen molar-refractivity contribution in [3.63, 3.8) is 0 Å². The highest BCUT2D eigenvalue weighted by Gasteiger charge is 2.48. The number of anilines is 1. The van der Waals surface area contributed by atoms with Gasteiger partial charge in [0.1, 0.15) is 17.6 Å². The van der Waals surface area contributed by atoms with E-state index in [4.69, 9.17) is 4.74 Å². The summed E-state index contributed by atoms with van der Waals surface area (Å²) in [5.41, 5.74) is 0.878. The molecule has 1 amide bonds. The summed E-state index contributed by atoms with van der Waals surface area (Å²) in [6.45, 7) is 0. The van der Waals surface area contributed by atoms with Crippen LogP contribution in [-0.4, -0.2) is 40.0 Å². The van der Waals surface area contributed by atoms with Gasteiger partial charge in [0, 0.05) is 10.4 Å². The summed E-state index contributed by atoms with van der Waals surface area (Å²) in [5, 5.41) is 22.6. The monoisotopic (exact) mass is 570 g/mol. The Labute approximate surface area is 214 Å². The van der Waals surface area contributed by atoms with Crippen molar-refractivity contribution < 1.29 is 29.3 Å². The normalized spacial score (nSPS) is 17.3. The predicted molar refractivity (Wildman–Crippen MR) is 136 cm³/mol. The van der Waals surface area contributed by atoms with E-state index in [-0.39, 0.29) is 22.0 Å². The molecule has 2 aromatic carbocycles. The Morgan fingerprint density at radius 1 is 1.11 bits per heavy atom. The highest BCUT2D eigenvalue weighted by Crippen LogP contribution is 2.45. The standard InChI is InChI=1S/C24H15BrN2O6S2/c1-33-15-7-5-11(9-13(15)25)20(28)18-19(16-3-2-8-34-16)27(22(30)21(18)29)24-26-14-6-4-12(23(31)32)10-17(14)35-24/h2-10,19,28H,1H3,(H,31,32)/b20-18+. The Morgan fingerprint density at radius 2 is 1.89 bits per heavy atom. The number of thiophene rings is 1. The van der Waals surface area contributed by atoms with E-state index in [1.807, 2.05) is 5.38 Å². The number of aliphatic hydroxyl groups is 1. The fourth-order valence-electron chi connectivity index (χ4n) is 3.86. The summed E-state index contributed by atoms with van der Waals surface area (Å²) in [4.78, 5) is 44.3. The van der Waals surface area contributed by atoms with Crippen LogP contribution in [0.1, 0.15) is 26.8 Å². The molecule has 3 heterocycles. The van der Waals surface area contributed by atoms with Crippen LogP contribution in [0.5, 0.6) is 5.75 Å². The summed E-state index contributed by atoms with van der Waals surface area (Å²) in [6.07, 6.45) is 0. The van der Waals surface area contributed by atoms with Crippen LogP contribution in [-0.2, 0) is 9.59 Å². The van der Waals surface area contributed by atoms with Gasteiger partial charge in [0.2, 0.25) is 0 Å². The number of rotatable bonds is 5. The molecule has 1 fully saturated rings. The number of hydrogen-bond donors (Lipinski definition) is 2.